The molecule has 0 spiro atoms. The second kappa shape index (κ2) is 6.29. The van der Waals surface area contributed by atoms with Gasteiger partial charge in [-0.05, 0) is 18.2 Å². The molecule has 3 aromatic rings. The fourth-order valence-electron chi connectivity index (χ4n) is 3.23. The Kier molecular flexibility index (Phi) is 3.96. The van der Waals surface area contributed by atoms with Gasteiger partial charge in [-0.25, -0.2) is 14.4 Å². The van der Waals surface area contributed by atoms with Gasteiger partial charge in [0.2, 0.25) is 0 Å². The van der Waals surface area contributed by atoms with Crippen LogP contribution in [-0.2, 0) is 14.3 Å². The second-order valence-corrected chi connectivity index (χ2v) is 5.95. The zero-order chi connectivity index (χ0) is 17.4. The summed E-state index contributed by atoms with van der Waals surface area (Å²) in [5, 5.41) is 1.71. The number of ether oxygens (including phenoxy) is 2. The fourth-order valence-corrected chi connectivity index (χ4v) is 3.23. The number of aromatic amines is 1. The molecule has 1 saturated heterocycles. The van der Waals surface area contributed by atoms with Gasteiger partial charge in [-0.15, -0.1) is 0 Å². The number of fused-ring (bicyclic) bond motifs is 3. The summed E-state index contributed by atoms with van der Waals surface area (Å²) in [4.78, 5) is 25.4. The lowest BCUT2D eigenvalue weighted by Gasteiger charge is -2.33. The quantitative estimate of drug-likeness (QED) is 0.732. The molecule has 25 heavy (non-hydrogen) atoms. The smallest absolute Gasteiger partial charge is 0.308 e. The van der Waals surface area contributed by atoms with Crippen LogP contribution in [0, 0.1) is 5.82 Å². The molecule has 0 amide bonds. The third-order valence-electron chi connectivity index (χ3n) is 4.39. The van der Waals surface area contributed by atoms with E-state index in [2.05, 4.69) is 19.9 Å². The normalized spacial score (nSPS) is 18.0. The van der Waals surface area contributed by atoms with E-state index in [4.69, 9.17) is 9.47 Å². The molecule has 1 fully saturated rings. The highest BCUT2D eigenvalue weighted by atomic mass is 19.1. The number of carbonyl (C=O) groups excluding carboxylic acids is 1. The summed E-state index contributed by atoms with van der Waals surface area (Å²) in [7, 11) is 1.36. The SMILES string of the molecule is COC(=O)C[C@H]1CN(c2ncnc3[nH]c4cc(F)ccc4c23)CCO1. The van der Waals surface area contributed by atoms with E-state index < -0.39 is 0 Å². The number of hydrogen-bond donors (Lipinski definition) is 1. The molecule has 3 heterocycles. The van der Waals surface area contributed by atoms with E-state index in [1.807, 2.05) is 0 Å². The molecule has 4 rings (SSSR count). The number of nitrogens with one attached hydrogen (secondary N) is 1. The van der Waals surface area contributed by atoms with Gasteiger partial charge < -0.3 is 19.4 Å². The lowest BCUT2D eigenvalue weighted by Crippen LogP contribution is -2.44. The van der Waals surface area contributed by atoms with Crippen LogP contribution in [0.25, 0.3) is 21.9 Å². The van der Waals surface area contributed by atoms with Gasteiger partial charge in [-0.2, -0.15) is 0 Å². The number of esters is 1. The monoisotopic (exact) mass is 344 g/mol. The van der Waals surface area contributed by atoms with Crippen LogP contribution >= 0.6 is 0 Å². The van der Waals surface area contributed by atoms with Crippen LogP contribution in [0.5, 0.6) is 0 Å². The van der Waals surface area contributed by atoms with E-state index in [9.17, 15) is 9.18 Å². The van der Waals surface area contributed by atoms with Gasteiger partial charge >= 0.3 is 5.97 Å². The first-order valence-corrected chi connectivity index (χ1v) is 8.01. The summed E-state index contributed by atoms with van der Waals surface area (Å²) in [5.41, 5.74) is 1.33. The standard InChI is InChI=1S/C17H17FN4O3/c1-24-14(23)7-11-8-22(4-5-25-11)17-15-12-3-2-10(18)6-13(12)21-16(15)19-9-20-17/h2-3,6,9,11H,4-5,7-8H2,1H3,(H,19,20,21)/t11-/m0/s1. The van der Waals surface area contributed by atoms with Gasteiger partial charge in [0.15, 0.2) is 0 Å². The van der Waals surface area contributed by atoms with Crippen LogP contribution in [0.4, 0.5) is 10.2 Å². The zero-order valence-electron chi connectivity index (χ0n) is 13.7. The molecule has 0 saturated carbocycles. The van der Waals surface area contributed by atoms with Crippen molar-refractivity contribution in [3.63, 3.8) is 0 Å². The Hall–Kier alpha value is -2.74. The van der Waals surface area contributed by atoms with E-state index in [0.29, 0.717) is 30.9 Å². The number of methoxy groups -OCH3 is 1. The molecule has 1 aliphatic rings. The van der Waals surface area contributed by atoms with E-state index in [-0.39, 0.29) is 24.3 Å². The third kappa shape index (κ3) is 2.89. The van der Waals surface area contributed by atoms with Crippen molar-refractivity contribution in [2.45, 2.75) is 12.5 Å². The predicted octanol–water partition coefficient (Wildman–Crippen LogP) is 2.02. The summed E-state index contributed by atoms with van der Waals surface area (Å²) < 4.78 is 23.9. The number of nitrogens with zero attached hydrogens (tertiary/aromatic N) is 3. The molecule has 0 unspecified atom stereocenters. The van der Waals surface area contributed by atoms with Crippen molar-refractivity contribution in [3.05, 3.63) is 30.3 Å². The van der Waals surface area contributed by atoms with Crippen LogP contribution in [0.1, 0.15) is 6.42 Å². The van der Waals surface area contributed by atoms with E-state index in [0.717, 1.165) is 16.6 Å². The van der Waals surface area contributed by atoms with Crippen molar-refractivity contribution < 1.29 is 18.7 Å². The molecule has 2 aromatic heterocycles. The largest absolute Gasteiger partial charge is 0.469 e. The Morgan fingerprint density at radius 3 is 3.20 bits per heavy atom. The molecule has 0 aliphatic carbocycles. The van der Waals surface area contributed by atoms with Crippen LogP contribution in [0.2, 0.25) is 0 Å². The lowest BCUT2D eigenvalue weighted by atomic mass is 10.1. The molecule has 7 nitrogen and oxygen atoms in total. The fraction of sp³-hybridized carbons (Fsp3) is 0.353. The third-order valence-corrected chi connectivity index (χ3v) is 4.39. The van der Waals surface area contributed by atoms with Crippen molar-refractivity contribution in [1.82, 2.24) is 15.0 Å². The molecule has 1 aliphatic heterocycles. The highest BCUT2D eigenvalue weighted by Gasteiger charge is 2.26. The predicted molar refractivity (Wildman–Crippen MR) is 89.9 cm³/mol. The summed E-state index contributed by atoms with van der Waals surface area (Å²) >= 11 is 0. The molecular weight excluding hydrogens is 327 g/mol. The number of rotatable bonds is 3. The summed E-state index contributed by atoms with van der Waals surface area (Å²) in [6.45, 7) is 1.66. The summed E-state index contributed by atoms with van der Waals surface area (Å²) in [6, 6.07) is 4.59. The first-order valence-electron chi connectivity index (χ1n) is 8.01. The van der Waals surface area contributed by atoms with Crippen molar-refractivity contribution >= 4 is 33.7 Å². The number of aromatic nitrogens is 3. The molecule has 1 N–H and O–H groups in total. The Balaban J connectivity index is 1.73. The summed E-state index contributed by atoms with van der Waals surface area (Å²) in [6.07, 6.45) is 1.42. The van der Waals surface area contributed by atoms with Gasteiger partial charge in [0.25, 0.3) is 0 Å². The zero-order valence-corrected chi connectivity index (χ0v) is 13.7. The molecule has 0 bridgehead atoms. The Morgan fingerprint density at radius 1 is 1.48 bits per heavy atom. The maximum absolute atomic E-state index is 13.5. The second-order valence-electron chi connectivity index (χ2n) is 5.95. The molecule has 1 atom stereocenters. The van der Waals surface area contributed by atoms with Crippen LogP contribution in [0.15, 0.2) is 24.5 Å². The number of hydrogen-bond acceptors (Lipinski definition) is 6. The van der Waals surface area contributed by atoms with Crippen LogP contribution < -0.4 is 4.90 Å². The van der Waals surface area contributed by atoms with Gasteiger partial charge in [0.1, 0.15) is 23.6 Å². The number of benzene rings is 1. The average molecular weight is 344 g/mol. The number of carbonyl (C=O) groups is 1. The highest BCUT2D eigenvalue weighted by molar-refractivity contribution is 6.11. The van der Waals surface area contributed by atoms with Crippen LogP contribution in [-0.4, -0.2) is 53.8 Å². The van der Waals surface area contributed by atoms with Gasteiger partial charge in [-0.3, -0.25) is 4.79 Å². The van der Waals surface area contributed by atoms with E-state index >= 15 is 0 Å². The van der Waals surface area contributed by atoms with Gasteiger partial charge in [0, 0.05) is 18.5 Å². The molecule has 0 radical (unpaired) electrons. The van der Waals surface area contributed by atoms with Crippen LogP contribution in [0.3, 0.4) is 0 Å². The Labute approximate surface area is 142 Å². The van der Waals surface area contributed by atoms with Crippen molar-refractivity contribution in [1.29, 1.82) is 0 Å². The molecule has 8 heteroatoms. The van der Waals surface area contributed by atoms with E-state index in [1.165, 1.54) is 25.6 Å². The maximum Gasteiger partial charge on any atom is 0.308 e. The highest BCUT2D eigenvalue weighted by Crippen LogP contribution is 2.32. The Bertz CT molecular complexity index is 942. The summed E-state index contributed by atoms with van der Waals surface area (Å²) in [5.74, 6) is 0.140. The van der Waals surface area contributed by atoms with Crippen molar-refractivity contribution in [2.24, 2.45) is 0 Å². The minimum absolute atomic E-state index is 0.195. The average Bonchev–Trinajstić information content (AvgIpc) is 2.99. The van der Waals surface area contributed by atoms with E-state index in [1.54, 1.807) is 6.07 Å². The lowest BCUT2D eigenvalue weighted by molar-refractivity contribution is -0.144. The number of halogens is 1. The minimum atomic E-state index is -0.307. The number of morpholine rings is 1. The number of H-pyrrole nitrogens is 1. The van der Waals surface area contributed by atoms with Gasteiger partial charge in [-0.1, -0.05) is 0 Å². The van der Waals surface area contributed by atoms with Crippen molar-refractivity contribution in [3.8, 4) is 0 Å². The first-order chi connectivity index (χ1) is 12.2. The van der Waals surface area contributed by atoms with Crippen molar-refractivity contribution in [2.75, 3.05) is 31.7 Å². The first kappa shape index (κ1) is 15.8. The minimum Gasteiger partial charge on any atom is -0.469 e. The molecule has 130 valence electrons. The molecule has 1 aromatic carbocycles. The van der Waals surface area contributed by atoms with Gasteiger partial charge in [0.05, 0.1) is 37.1 Å². The maximum atomic E-state index is 13.5. The number of anilines is 1. The topological polar surface area (TPSA) is 80.3 Å². The Morgan fingerprint density at radius 2 is 2.36 bits per heavy atom. The molecular formula is C17H17FN4O3.